The Kier molecular flexibility index (Phi) is 5.00. The molecule has 7 heteroatoms. The number of nitrogens with zero attached hydrogens (tertiary/aromatic N) is 4. The van der Waals surface area contributed by atoms with E-state index in [9.17, 15) is 4.79 Å². The Balaban J connectivity index is 1.64. The summed E-state index contributed by atoms with van der Waals surface area (Å²) < 4.78 is 7.23. The van der Waals surface area contributed by atoms with Crippen molar-refractivity contribution in [2.45, 2.75) is 27.7 Å². The predicted molar refractivity (Wildman–Crippen MR) is 114 cm³/mol. The van der Waals surface area contributed by atoms with Crippen LogP contribution in [-0.2, 0) is 9.53 Å². The fourth-order valence-corrected chi connectivity index (χ4v) is 3.20. The molecule has 0 bridgehead atoms. The quantitative estimate of drug-likeness (QED) is 0.737. The van der Waals surface area contributed by atoms with Gasteiger partial charge in [-0.25, -0.2) is 9.50 Å². The van der Waals surface area contributed by atoms with E-state index in [-0.39, 0.29) is 5.91 Å². The van der Waals surface area contributed by atoms with Crippen LogP contribution < -0.4 is 10.2 Å². The van der Waals surface area contributed by atoms with E-state index < -0.39 is 5.41 Å². The Morgan fingerprint density at radius 1 is 1.14 bits per heavy atom. The zero-order valence-corrected chi connectivity index (χ0v) is 17.4. The van der Waals surface area contributed by atoms with Gasteiger partial charge in [-0.05, 0) is 30.7 Å². The lowest BCUT2D eigenvalue weighted by Crippen LogP contribution is -2.36. The number of hydrogen-bond donors (Lipinski definition) is 1. The second kappa shape index (κ2) is 7.48. The van der Waals surface area contributed by atoms with Crippen LogP contribution in [-0.4, -0.2) is 46.8 Å². The van der Waals surface area contributed by atoms with Gasteiger partial charge in [-0.15, -0.1) is 5.10 Å². The Morgan fingerprint density at radius 2 is 1.90 bits per heavy atom. The molecule has 0 saturated carbocycles. The van der Waals surface area contributed by atoms with Crippen molar-refractivity contribution in [1.82, 2.24) is 14.6 Å². The molecular weight excluding hydrogens is 366 g/mol. The van der Waals surface area contributed by atoms with Gasteiger partial charge in [0, 0.05) is 29.8 Å². The third-order valence-electron chi connectivity index (χ3n) is 5.10. The average molecular weight is 393 g/mol. The number of nitrogens with one attached hydrogen (secondary N) is 1. The van der Waals surface area contributed by atoms with Crippen LogP contribution in [0.3, 0.4) is 0 Å². The van der Waals surface area contributed by atoms with Crippen molar-refractivity contribution in [3.63, 3.8) is 0 Å². The molecule has 1 fully saturated rings. The first-order valence-electron chi connectivity index (χ1n) is 9.93. The summed E-state index contributed by atoms with van der Waals surface area (Å²) in [5, 5.41) is 7.76. The molecule has 3 aromatic rings. The molecule has 1 aliphatic heterocycles. The number of aromatic nitrogens is 3. The summed E-state index contributed by atoms with van der Waals surface area (Å²) in [5.41, 5.74) is 3.92. The molecule has 1 saturated heterocycles. The average Bonchev–Trinajstić information content (AvgIpc) is 3.13. The fraction of sp³-hybridized carbons (Fsp3) is 0.409. The molecule has 7 nitrogen and oxygen atoms in total. The molecule has 0 atom stereocenters. The normalized spacial score (nSPS) is 15.0. The smallest absolute Gasteiger partial charge is 0.229 e. The number of benzene rings is 1. The Bertz CT molecular complexity index is 1050. The third kappa shape index (κ3) is 4.10. The number of amides is 1. The van der Waals surface area contributed by atoms with Crippen molar-refractivity contribution >= 4 is 23.1 Å². The van der Waals surface area contributed by atoms with Gasteiger partial charge in [0.2, 0.25) is 5.91 Å². The lowest BCUT2D eigenvalue weighted by Gasteiger charge is -2.27. The van der Waals surface area contributed by atoms with Gasteiger partial charge >= 0.3 is 0 Å². The van der Waals surface area contributed by atoms with Gasteiger partial charge in [0.1, 0.15) is 5.82 Å². The highest BCUT2D eigenvalue weighted by Gasteiger charge is 2.22. The van der Waals surface area contributed by atoms with Gasteiger partial charge in [-0.1, -0.05) is 32.9 Å². The second-order valence-corrected chi connectivity index (χ2v) is 8.45. The molecule has 1 aromatic carbocycles. The van der Waals surface area contributed by atoms with Crippen LogP contribution in [0.4, 0.5) is 11.5 Å². The molecule has 1 N–H and O–H groups in total. The zero-order chi connectivity index (χ0) is 20.6. The number of morpholine rings is 1. The van der Waals surface area contributed by atoms with Crippen LogP contribution >= 0.6 is 0 Å². The summed E-state index contributed by atoms with van der Waals surface area (Å²) in [6, 6.07) is 9.99. The maximum atomic E-state index is 12.4. The van der Waals surface area contributed by atoms with Crippen LogP contribution in [0.5, 0.6) is 0 Å². The Morgan fingerprint density at radius 3 is 2.62 bits per heavy atom. The number of rotatable bonds is 3. The summed E-state index contributed by atoms with van der Waals surface area (Å²) in [6.07, 6.45) is 1.93. The van der Waals surface area contributed by atoms with Crippen LogP contribution in [0.1, 0.15) is 26.3 Å². The molecule has 152 valence electrons. The first-order chi connectivity index (χ1) is 13.8. The standard InChI is InChI=1S/C22H27N5O2/c1-15-5-6-16(13-17(15)24-21(28)22(2,3)4)18-14-27-19(23-18)7-8-20(25-27)26-9-11-29-12-10-26/h5-8,13-14H,9-12H2,1-4H3,(H,24,28). The van der Waals surface area contributed by atoms with Crippen molar-refractivity contribution in [2.24, 2.45) is 5.41 Å². The second-order valence-electron chi connectivity index (χ2n) is 8.45. The number of carbonyl (C=O) groups excluding carboxylic acids is 1. The van der Waals surface area contributed by atoms with Gasteiger partial charge in [-0.2, -0.15) is 0 Å². The maximum Gasteiger partial charge on any atom is 0.229 e. The molecular formula is C22H27N5O2. The SMILES string of the molecule is Cc1ccc(-c2cn3nc(N4CCOCC4)ccc3n2)cc1NC(=O)C(C)(C)C. The van der Waals surface area contributed by atoms with Crippen LogP contribution in [0.15, 0.2) is 36.5 Å². The van der Waals surface area contributed by atoms with Crippen LogP contribution in [0, 0.1) is 12.3 Å². The lowest BCUT2D eigenvalue weighted by atomic mass is 9.95. The van der Waals surface area contributed by atoms with E-state index in [0.29, 0.717) is 0 Å². The summed E-state index contributed by atoms with van der Waals surface area (Å²) in [5.74, 6) is 0.913. The number of hydrogen-bond acceptors (Lipinski definition) is 5. The van der Waals surface area contributed by atoms with Crippen molar-refractivity contribution < 1.29 is 9.53 Å². The monoisotopic (exact) mass is 393 g/mol. The zero-order valence-electron chi connectivity index (χ0n) is 17.4. The van der Waals surface area contributed by atoms with E-state index in [1.165, 1.54) is 0 Å². The van der Waals surface area contributed by atoms with Crippen LogP contribution in [0.2, 0.25) is 0 Å². The highest BCUT2D eigenvalue weighted by molar-refractivity contribution is 5.95. The highest BCUT2D eigenvalue weighted by atomic mass is 16.5. The molecule has 0 radical (unpaired) electrons. The molecule has 0 aliphatic carbocycles. The van der Waals surface area contributed by atoms with E-state index >= 15 is 0 Å². The first-order valence-corrected chi connectivity index (χ1v) is 9.93. The molecule has 1 aliphatic rings. The first kappa shape index (κ1) is 19.4. The fourth-order valence-electron chi connectivity index (χ4n) is 3.20. The van der Waals surface area contributed by atoms with Crippen LogP contribution in [0.25, 0.3) is 16.9 Å². The molecule has 4 rings (SSSR count). The molecule has 1 amide bonds. The third-order valence-corrected chi connectivity index (χ3v) is 5.10. The van der Waals surface area contributed by atoms with Gasteiger partial charge in [0.15, 0.2) is 5.65 Å². The molecule has 0 unspecified atom stereocenters. The summed E-state index contributed by atoms with van der Waals surface area (Å²) in [7, 11) is 0. The highest BCUT2D eigenvalue weighted by Crippen LogP contribution is 2.27. The largest absolute Gasteiger partial charge is 0.378 e. The Labute approximate surface area is 170 Å². The topological polar surface area (TPSA) is 71.8 Å². The number of ether oxygens (including phenoxy) is 1. The van der Waals surface area contributed by atoms with E-state index in [1.54, 1.807) is 0 Å². The number of imidazole rings is 1. The number of aryl methyl sites for hydroxylation is 1. The minimum atomic E-state index is -0.453. The van der Waals surface area contributed by atoms with Gasteiger partial charge in [0.05, 0.1) is 25.1 Å². The molecule has 2 aromatic heterocycles. The summed E-state index contributed by atoms with van der Waals surface area (Å²) in [6.45, 7) is 10.8. The summed E-state index contributed by atoms with van der Waals surface area (Å²) >= 11 is 0. The van der Waals surface area contributed by atoms with Crippen molar-refractivity contribution in [1.29, 1.82) is 0 Å². The van der Waals surface area contributed by atoms with Gasteiger partial charge in [-0.3, -0.25) is 4.79 Å². The Hall–Kier alpha value is -2.93. The molecule has 3 heterocycles. The van der Waals surface area contributed by atoms with Crippen molar-refractivity contribution in [3.05, 3.63) is 42.1 Å². The van der Waals surface area contributed by atoms with E-state index in [4.69, 9.17) is 14.8 Å². The molecule has 0 spiro atoms. The van der Waals surface area contributed by atoms with Crippen molar-refractivity contribution in [2.75, 3.05) is 36.5 Å². The maximum absolute atomic E-state index is 12.4. The minimum Gasteiger partial charge on any atom is -0.378 e. The molecule has 29 heavy (non-hydrogen) atoms. The lowest BCUT2D eigenvalue weighted by molar-refractivity contribution is -0.123. The number of carbonyl (C=O) groups is 1. The van der Waals surface area contributed by atoms with Gasteiger partial charge in [0.25, 0.3) is 0 Å². The minimum absolute atomic E-state index is 0.00966. The summed E-state index contributed by atoms with van der Waals surface area (Å²) in [4.78, 5) is 19.3. The van der Waals surface area contributed by atoms with E-state index in [0.717, 1.165) is 60.3 Å². The van der Waals surface area contributed by atoms with Gasteiger partial charge < -0.3 is 15.0 Å². The van der Waals surface area contributed by atoms with Crippen molar-refractivity contribution in [3.8, 4) is 11.3 Å². The van der Waals surface area contributed by atoms with E-state index in [1.807, 2.05) is 68.7 Å². The van der Waals surface area contributed by atoms with E-state index in [2.05, 4.69) is 10.2 Å². The number of anilines is 2. The number of fused-ring (bicyclic) bond motifs is 1. The predicted octanol–water partition coefficient (Wildman–Crippen LogP) is 3.53.